The van der Waals surface area contributed by atoms with Gasteiger partial charge >= 0.3 is 0 Å². The molecule has 8 heteroatoms. The predicted molar refractivity (Wildman–Crippen MR) is 137 cm³/mol. The van der Waals surface area contributed by atoms with Crippen LogP contribution in [-0.4, -0.2) is 69.8 Å². The molecular formula is C27H39FN4O3. The van der Waals surface area contributed by atoms with Gasteiger partial charge < -0.3 is 30.2 Å². The molecule has 2 aliphatic rings. The van der Waals surface area contributed by atoms with Crippen LogP contribution in [0.3, 0.4) is 0 Å². The first-order valence-corrected chi connectivity index (χ1v) is 12.7. The maximum Gasteiger partial charge on any atom is 0.149 e. The number of rotatable bonds is 11. The van der Waals surface area contributed by atoms with Crippen LogP contribution in [0.25, 0.3) is 11.1 Å². The molecule has 1 aliphatic carbocycles. The van der Waals surface area contributed by atoms with Gasteiger partial charge in [0.2, 0.25) is 0 Å². The number of hydrogen-bond donors (Lipinski definition) is 3. The molecule has 0 unspecified atom stereocenters. The molecule has 0 radical (unpaired) electrons. The normalized spacial score (nSPS) is 22.0. The van der Waals surface area contributed by atoms with Gasteiger partial charge in [0.1, 0.15) is 11.6 Å². The second-order valence-corrected chi connectivity index (χ2v) is 9.62. The second-order valence-electron chi connectivity index (χ2n) is 9.62. The first kappa shape index (κ1) is 25.8. The van der Waals surface area contributed by atoms with E-state index in [-0.39, 0.29) is 11.4 Å². The number of halogens is 1. The molecular weight excluding hydrogens is 447 g/mol. The van der Waals surface area contributed by atoms with E-state index < -0.39 is 0 Å². The average molecular weight is 487 g/mol. The number of anilines is 2. The van der Waals surface area contributed by atoms with Crippen molar-refractivity contribution in [2.45, 2.75) is 56.2 Å². The summed E-state index contributed by atoms with van der Waals surface area (Å²) in [5.41, 5.74) is 2.08. The third kappa shape index (κ3) is 7.13. The van der Waals surface area contributed by atoms with Gasteiger partial charge in [0.15, 0.2) is 0 Å². The lowest BCUT2D eigenvalue weighted by atomic mass is 9.91. The zero-order valence-electron chi connectivity index (χ0n) is 20.9. The van der Waals surface area contributed by atoms with Gasteiger partial charge in [0.05, 0.1) is 18.4 Å². The summed E-state index contributed by atoms with van der Waals surface area (Å²) in [6.07, 6.45) is 7.37. The summed E-state index contributed by atoms with van der Waals surface area (Å²) in [6, 6.07) is 10.6. The van der Waals surface area contributed by atoms with E-state index in [0.29, 0.717) is 37.4 Å². The van der Waals surface area contributed by atoms with Crippen LogP contribution in [0.2, 0.25) is 0 Å². The van der Waals surface area contributed by atoms with Crippen LogP contribution in [0, 0.1) is 5.82 Å². The summed E-state index contributed by atoms with van der Waals surface area (Å²) in [4.78, 5) is 4.32. The summed E-state index contributed by atoms with van der Waals surface area (Å²) in [5.74, 6) is 0.396. The maximum absolute atomic E-state index is 14.8. The van der Waals surface area contributed by atoms with Gasteiger partial charge in [-0.25, -0.2) is 9.37 Å². The molecule has 2 aromatic rings. The number of hydrogen-bond acceptors (Lipinski definition) is 7. The van der Waals surface area contributed by atoms with Crippen molar-refractivity contribution in [3.05, 3.63) is 42.3 Å². The van der Waals surface area contributed by atoms with Gasteiger partial charge in [0.25, 0.3) is 0 Å². The Kier molecular flexibility index (Phi) is 9.31. The Bertz CT molecular complexity index is 930. The van der Waals surface area contributed by atoms with Gasteiger partial charge in [-0.1, -0.05) is 12.1 Å². The fourth-order valence-corrected chi connectivity index (χ4v) is 5.01. The van der Waals surface area contributed by atoms with E-state index in [1.54, 1.807) is 14.2 Å². The smallest absolute Gasteiger partial charge is 0.149 e. The Hall–Kier alpha value is -2.26. The molecule has 35 heavy (non-hydrogen) atoms. The van der Waals surface area contributed by atoms with Gasteiger partial charge in [-0.05, 0) is 49.4 Å². The summed E-state index contributed by atoms with van der Waals surface area (Å²) in [7, 11) is 3.48. The molecule has 0 bridgehead atoms. The number of aromatic nitrogens is 1. The van der Waals surface area contributed by atoms with Crippen LogP contribution >= 0.6 is 0 Å². The minimum Gasteiger partial charge on any atom is -0.383 e. The van der Waals surface area contributed by atoms with Crippen molar-refractivity contribution in [3.8, 4) is 11.1 Å². The first-order chi connectivity index (χ1) is 17.1. The van der Waals surface area contributed by atoms with Crippen LogP contribution in [-0.2, 0) is 14.2 Å². The molecule has 2 heterocycles. The molecule has 4 rings (SSSR count). The van der Waals surface area contributed by atoms with E-state index >= 15 is 0 Å². The summed E-state index contributed by atoms with van der Waals surface area (Å²) in [6.45, 7) is 3.72. The second kappa shape index (κ2) is 12.6. The molecule has 1 saturated heterocycles. The predicted octanol–water partition coefficient (Wildman–Crippen LogP) is 4.45. The lowest BCUT2D eigenvalue weighted by Gasteiger charge is -2.36. The van der Waals surface area contributed by atoms with Crippen LogP contribution in [0.1, 0.15) is 38.5 Å². The van der Waals surface area contributed by atoms with Gasteiger partial charge in [-0.2, -0.15) is 0 Å². The van der Waals surface area contributed by atoms with Crippen molar-refractivity contribution >= 4 is 11.5 Å². The van der Waals surface area contributed by atoms with Crippen molar-refractivity contribution in [2.75, 3.05) is 57.8 Å². The highest BCUT2D eigenvalue weighted by atomic mass is 19.1. The molecule has 1 aliphatic heterocycles. The highest BCUT2D eigenvalue weighted by molar-refractivity contribution is 5.70. The van der Waals surface area contributed by atoms with Crippen molar-refractivity contribution in [1.82, 2.24) is 10.3 Å². The number of pyridine rings is 1. The van der Waals surface area contributed by atoms with Crippen LogP contribution in [0.15, 0.2) is 36.5 Å². The Morgan fingerprint density at radius 1 is 1.09 bits per heavy atom. The highest BCUT2D eigenvalue weighted by Gasteiger charge is 2.32. The van der Waals surface area contributed by atoms with E-state index in [9.17, 15) is 4.39 Å². The molecule has 7 nitrogen and oxygen atoms in total. The zero-order chi connectivity index (χ0) is 24.5. The van der Waals surface area contributed by atoms with Gasteiger partial charge in [-0.3, -0.25) is 0 Å². The van der Waals surface area contributed by atoms with E-state index in [0.717, 1.165) is 68.7 Å². The lowest BCUT2D eigenvalue weighted by molar-refractivity contribution is -0.0807. The molecule has 1 aromatic heterocycles. The molecule has 2 fully saturated rings. The Morgan fingerprint density at radius 3 is 2.60 bits per heavy atom. The van der Waals surface area contributed by atoms with Crippen molar-refractivity contribution in [2.24, 2.45) is 0 Å². The number of nitrogens with zero attached hydrogens (tertiary/aromatic N) is 1. The van der Waals surface area contributed by atoms with Gasteiger partial charge in [0, 0.05) is 76.7 Å². The largest absolute Gasteiger partial charge is 0.383 e. The fourth-order valence-electron chi connectivity index (χ4n) is 5.01. The van der Waals surface area contributed by atoms with Crippen LogP contribution in [0.4, 0.5) is 15.9 Å². The molecule has 0 atom stereocenters. The average Bonchev–Trinajstić information content (AvgIpc) is 2.90. The monoisotopic (exact) mass is 486 g/mol. The van der Waals surface area contributed by atoms with Crippen molar-refractivity contribution in [1.29, 1.82) is 0 Å². The first-order valence-electron chi connectivity index (χ1n) is 12.7. The molecule has 3 N–H and O–H groups in total. The third-order valence-corrected chi connectivity index (χ3v) is 7.30. The van der Waals surface area contributed by atoms with Crippen molar-refractivity contribution < 1.29 is 18.6 Å². The number of methoxy groups -OCH3 is 2. The summed E-state index contributed by atoms with van der Waals surface area (Å²) < 4.78 is 31.2. The third-order valence-electron chi connectivity index (χ3n) is 7.30. The maximum atomic E-state index is 14.8. The standard InChI is InChI=1S/C27H39FN4O3/c1-33-15-12-29-21-6-8-22(9-7-21)32-26-17-24(25(28)18-30-26)20-4-3-5-23(16-20)31-19-27(34-2)10-13-35-14-11-27/h3-5,16-18,21-22,29,31H,6-15,19H2,1-2H3,(H,30,32)/t21-,22-. The number of nitrogens with one attached hydrogen (secondary N) is 3. The number of ether oxygens (including phenoxy) is 3. The van der Waals surface area contributed by atoms with E-state index in [1.807, 2.05) is 30.3 Å². The molecule has 0 amide bonds. The minimum absolute atomic E-state index is 0.231. The Labute approximate surface area is 208 Å². The lowest BCUT2D eigenvalue weighted by Crippen LogP contribution is -2.44. The summed E-state index contributed by atoms with van der Waals surface area (Å²) >= 11 is 0. The molecule has 192 valence electrons. The van der Waals surface area contributed by atoms with E-state index in [1.165, 1.54) is 6.20 Å². The van der Waals surface area contributed by atoms with E-state index in [4.69, 9.17) is 14.2 Å². The zero-order valence-corrected chi connectivity index (χ0v) is 20.9. The minimum atomic E-state index is -0.323. The van der Waals surface area contributed by atoms with Crippen LogP contribution in [0.5, 0.6) is 0 Å². The molecule has 1 aromatic carbocycles. The molecule has 1 saturated carbocycles. The van der Waals surface area contributed by atoms with E-state index in [2.05, 4.69) is 20.9 Å². The fraction of sp³-hybridized carbons (Fsp3) is 0.593. The topological polar surface area (TPSA) is 76.7 Å². The van der Waals surface area contributed by atoms with Crippen LogP contribution < -0.4 is 16.0 Å². The SMILES string of the molecule is COCCN[C@H]1CC[C@H](Nc2cc(-c3cccc(NCC4(OC)CCOCC4)c3)c(F)cn2)CC1. The van der Waals surface area contributed by atoms with Crippen molar-refractivity contribution in [3.63, 3.8) is 0 Å². The highest BCUT2D eigenvalue weighted by Crippen LogP contribution is 2.30. The number of benzene rings is 1. The summed E-state index contributed by atoms with van der Waals surface area (Å²) in [5, 5.41) is 10.6. The van der Waals surface area contributed by atoms with Gasteiger partial charge in [-0.15, -0.1) is 0 Å². The Morgan fingerprint density at radius 2 is 1.86 bits per heavy atom. The molecule has 0 spiro atoms. The Balaban J connectivity index is 1.37. The quantitative estimate of drug-likeness (QED) is 0.405.